The molecule has 0 aromatic carbocycles. The van der Waals surface area contributed by atoms with Crippen molar-refractivity contribution in [2.24, 2.45) is 23.7 Å². The van der Waals surface area contributed by atoms with E-state index in [2.05, 4.69) is 31.3 Å². The maximum absolute atomic E-state index is 3.74. The molecular formula is C16H29N. The van der Waals surface area contributed by atoms with Crippen molar-refractivity contribution in [1.82, 2.24) is 5.32 Å². The Kier molecular flexibility index (Phi) is 5.09. The molecule has 2 rings (SSSR count). The first-order valence-electron chi connectivity index (χ1n) is 7.72. The van der Waals surface area contributed by atoms with E-state index in [0.29, 0.717) is 0 Å². The molecule has 0 aromatic heterocycles. The van der Waals surface area contributed by atoms with Crippen molar-refractivity contribution >= 4 is 0 Å². The summed E-state index contributed by atoms with van der Waals surface area (Å²) in [7, 11) is 0. The molecule has 0 aliphatic heterocycles. The molecule has 0 amide bonds. The Labute approximate surface area is 107 Å². The molecule has 1 heteroatoms. The van der Waals surface area contributed by atoms with E-state index >= 15 is 0 Å². The smallest absolute Gasteiger partial charge is 0.00146 e. The molecule has 17 heavy (non-hydrogen) atoms. The lowest BCUT2D eigenvalue weighted by molar-refractivity contribution is 0.368. The summed E-state index contributed by atoms with van der Waals surface area (Å²) in [6.45, 7) is 7.13. The average Bonchev–Trinajstić information content (AvgIpc) is 2.95. The number of hydrogen-bond acceptors (Lipinski definition) is 1. The van der Waals surface area contributed by atoms with Gasteiger partial charge in [0.1, 0.15) is 0 Å². The minimum atomic E-state index is 0.906. The van der Waals surface area contributed by atoms with E-state index in [1.54, 1.807) is 0 Å². The van der Waals surface area contributed by atoms with E-state index in [1.165, 1.54) is 51.6 Å². The highest BCUT2D eigenvalue weighted by Crippen LogP contribution is 2.42. The Hall–Kier alpha value is -0.300. The lowest BCUT2D eigenvalue weighted by Gasteiger charge is -2.21. The third kappa shape index (κ3) is 3.58. The van der Waals surface area contributed by atoms with Crippen molar-refractivity contribution in [3.05, 3.63) is 12.2 Å². The third-order valence-corrected chi connectivity index (χ3v) is 4.80. The van der Waals surface area contributed by atoms with Crippen LogP contribution in [0.3, 0.4) is 0 Å². The monoisotopic (exact) mass is 235 g/mol. The van der Waals surface area contributed by atoms with Crippen LogP contribution in [0.4, 0.5) is 0 Å². The van der Waals surface area contributed by atoms with Gasteiger partial charge in [-0.15, -0.1) is 0 Å². The largest absolute Gasteiger partial charge is 0.316 e. The van der Waals surface area contributed by atoms with E-state index in [0.717, 1.165) is 23.7 Å². The Balaban J connectivity index is 1.60. The molecule has 0 saturated heterocycles. The van der Waals surface area contributed by atoms with Gasteiger partial charge < -0.3 is 5.32 Å². The van der Waals surface area contributed by atoms with Crippen molar-refractivity contribution in [2.75, 3.05) is 13.1 Å². The highest BCUT2D eigenvalue weighted by atomic mass is 14.9. The lowest BCUT2D eigenvalue weighted by atomic mass is 9.93. The Bertz CT molecular complexity index is 246. The molecule has 4 atom stereocenters. The summed E-state index contributed by atoms with van der Waals surface area (Å²) in [6, 6.07) is 0. The first-order valence-corrected chi connectivity index (χ1v) is 7.72. The van der Waals surface area contributed by atoms with Crippen LogP contribution in [0.5, 0.6) is 0 Å². The maximum Gasteiger partial charge on any atom is -0.00146 e. The Morgan fingerprint density at radius 1 is 1.24 bits per heavy atom. The first-order chi connectivity index (χ1) is 8.33. The standard InChI is InChI=1S/C16H29N/c1-3-5-6-13(4-2)11-17-12-16-10-14-7-8-15(16)9-14/h7-8,13-17H,3-6,9-12H2,1-2H3. The quantitative estimate of drug-likeness (QED) is 0.627. The summed E-state index contributed by atoms with van der Waals surface area (Å²) in [6.07, 6.45) is 13.3. The third-order valence-electron chi connectivity index (χ3n) is 4.80. The van der Waals surface area contributed by atoms with Gasteiger partial charge in [0.2, 0.25) is 0 Å². The van der Waals surface area contributed by atoms with Gasteiger partial charge in [-0.1, -0.05) is 45.3 Å². The fourth-order valence-corrected chi connectivity index (χ4v) is 3.55. The number of allylic oxidation sites excluding steroid dienone is 2. The zero-order valence-corrected chi connectivity index (χ0v) is 11.6. The molecule has 0 spiro atoms. The highest BCUT2D eigenvalue weighted by molar-refractivity contribution is 5.10. The van der Waals surface area contributed by atoms with Crippen LogP contribution in [-0.4, -0.2) is 13.1 Å². The van der Waals surface area contributed by atoms with Gasteiger partial charge >= 0.3 is 0 Å². The van der Waals surface area contributed by atoms with Gasteiger partial charge in [0.25, 0.3) is 0 Å². The van der Waals surface area contributed by atoms with E-state index in [-0.39, 0.29) is 0 Å². The van der Waals surface area contributed by atoms with Gasteiger partial charge in [-0.05, 0) is 56.0 Å². The summed E-state index contributed by atoms with van der Waals surface area (Å²) in [5.74, 6) is 3.68. The minimum Gasteiger partial charge on any atom is -0.316 e. The molecule has 1 saturated carbocycles. The van der Waals surface area contributed by atoms with Gasteiger partial charge in [-0.2, -0.15) is 0 Å². The van der Waals surface area contributed by atoms with Crippen molar-refractivity contribution in [3.8, 4) is 0 Å². The first kappa shape index (κ1) is 13.1. The van der Waals surface area contributed by atoms with E-state index in [4.69, 9.17) is 0 Å². The molecule has 2 aliphatic rings. The zero-order chi connectivity index (χ0) is 12.1. The Morgan fingerprint density at radius 2 is 2.12 bits per heavy atom. The Morgan fingerprint density at radius 3 is 2.71 bits per heavy atom. The van der Waals surface area contributed by atoms with Gasteiger partial charge in [0.05, 0.1) is 0 Å². The van der Waals surface area contributed by atoms with Crippen LogP contribution in [0.2, 0.25) is 0 Å². The van der Waals surface area contributed by atoms with Gasteiger partial charge in [0.15, 0.2) is 0 Å². The molecule has 0 radical (unpaired) electrons. The molecule has 2 aliphatic carbocycles. The van der Waals surface area contributed by atoms with Crippen LogP contribution in [0, 0.1) is 23.7 Å². The van der Waals surface area contributed by atoms with Crippen LogP contribution in [0.1, 0.15) is 52.4 Å². The van der Waals surface area contributed by atoms with Crippen LogP contribution in [-0.2, 0) is 0 Å². The van der Waals surface area contributed by atoms with Crippen LogP contribution >= 0.6 is 0 Å². The average molecular weight is 235 g/mol. The van der Waals surface area contributed by atoms with Gasteiger partial charge in [0, 0.05) is 0 Å². The number of hydrogen-bond donors (Lipinski definition) is 1. The molecule has 2 bridgehead atoms. The topological polar surface area (TPSA) is 12.0 Å². The molecule has 1 N–H and O–H groups in total. The molecule has 98 valence electrons. The van der Waals surface area contributed by atoms with E-state index in [9.17, 15) is 0 Å². The van der Waals surface area contributed by atoms with Gasteiger partial charge in [-0.25, -0.2) is 0 Å². The predicted molar refractivity (Wildman–Crippen MR) is 75.0 cm³/mol. The number of rotatable bonds is 8. The second kappa shape index (κ2) is 6.58. The minimum absolute atomic E-state index is 0.906. The summed E-state index contributed by atoms with van der Waals surface area (Å²) < 4.78 is 0. The highest BCUT2D eigenvalue weighted by Gasteiger charge is 2.34. The van der Waals surface area contributed by atoms with Crippen molar-refractivity contribution < 1.29 is 0 Å². The molecule has 4 unspecified atom stereocenters. The van der Waals surface area contributed by atoms with Crippen LogP contribution in [0.15, 0.2) is 12.2 Å². The molecule has 1 fully saturated rings. The maximum atomic E-state index is 3.74. The number of nitrogens with one attached hydrogen (secondary N) is 1. The number of fused-ring (bicyclic) bond motifs is 2. The fraction of sp³-hybridized carbons (Fsp3) is 0.875. The zero-order valence-electron chi connectivity index (χ0n) is 11.6. The predicted octanol–water partition coefficient (Wildman–Crippen LogP) is 4.00. The SMILES string of the molecule is CCCCC(CC)CNCC1CC2C=CC1C2. The van der Waals surface area contributed by atoms with Crippen molar-refractivity contribution in [3.63, 3.8) is 0 Å². The summed E-state index contributed by atoms with van der Waals surface area (Å²) in [5.41, 5.74) is 0. The molecule has 0 aromatic rings. The normalized spacial score (nSPS) is 32.2. The van der Waals surface area contributed by atoms with Crippen molar-refractivity contribution in [2.45, 2.75) is 52.4 Å². The van der Waals surface area contributed by atoms with Crippen molar-refractivity contribution in [1.29, 1.82) is 0 Å². The number of unbranched alkanes of at least 4 members (excludes halogenated alkanes) is 1. The van der Waals surface area contributed by atoms with Crippen LogP contribution < -0.4 is 5.32 Å². The second-order valence-electron chi connectivity index (χ2n) is 6.12. The molecule has 0 heterocycles. The van der Waals surface area contributed by atoms with Crippen LogP contribution in [0.25, 0.3) is 0 Å². The summed E-state index contributed by atoms with van der Waals surface area (Å²) in [4.78, 5) is 0. The summed E-state index contributed by atoms with van der Waals surface area (Å²) >= 11 is 0. The summed E-state index contributed by atoms with van der Waals surface area (Å²) in [5, 5.41) is 3.74. The molecular weight excluding hydrogens is 206 g/mol. The molecule has 1 nitrogen and oxygen atoms in total. The van der Waals surface area contributed by atoms with Gasteiger partial charge in [-0.3, -0.25) is 0 Å². The van der Waals surface area contributed by atoms with E-state index in [1.807, 2.05) is 0 Å². The lowest BCUT2D eigenvalue weighted by Crippen LogP contribution is -2.29. The van der Waals surface area contributed by atoms with E-state index < -0.39 is 0 Å². The second-order valence-corrected chi connectivity index (χ2v) is 6.12. The fourth-order valence-electron chi connectivity index (χ4n) is 3.55.